The number of fused-ring (bicyclic) bond motifs is 1. The average molecular weight is 481 g/mol. The van der Waals surface area contributed by atoms with Gasteiger partial charge in [-0.2, -0.15) is 0 Å². The first-order chi connectivity index (χ1) is 16.4. The maximum atomic E-state index is 12.5. The molecule has 0 saturated heterocycles. The van der Waals surface area contributed by atoms with Gasteiger partial charge in [0, 0.05) is 6.54 Å². The fourth-order valence-electron chi connectivity index (χ4n) is 3.99. The zero-order valence-electron chi connectivity index (χ0n) is 19.2. The highest BCUT2D eigenvalue weighted by molar-refractivity contribution is 7.15. The van der Waals surface area contributed by atoms with Gasteiger partial charge in [0.1, 0.15) is 22.5 Å². The van der Waals surface area contributed by atoms with E-state index in [-0.39, 0.29) is 24.5 Å². The van der Waals surface area contributed by atoms with E-state index >= 15 is 0 Å². The van der Waals surface area contributed by atoms with Gasteiger partial charge in [-0.1, -0.05) is 55.5 Å². The number of benzene rings is 2. The fourth-order valence-corrected chi connectivity index (χ4v) is 4.69. The molecule has 8 heteroatoms. The lowest BCUT2D eigenvalue weighted by atomic mass is 9.97. The molecular formula is C26H28N2O5S. The summed E-state index contributed by atoms with van der Waals surface area (Å²) in [6, 6.07) is 15.9. The monoisotopic (exact) mass is 480 g/mol. The van der Waals surface area contributed by atoms with E-state index in [4.69, 9.17) is 9.47 Å². The summed E-state index contributed by atoms with van der Waals surface area (Å²) in [4.78, 5) is 28.4. The summed E-state index contributed by atoms with van der Waals surface area (Å²) in [6.07, 6.45) is 3.75. The molecule has 0 aliphatic carbocycles. The molecule has 178 valence electrons. The Kier molecular flexibility index (Phi) is 7.47. The third kappa shape index (κ3) is 5.94. The molecule has 1 aliphatic rings. The van der Waals surface area contributed by atoms with Crippen molar-refractivity contribution in [3.05, 3.63) is 70.7 Å². The van der Waals surface area contributed by atoms with E-state index in [9.17, 15) is 14.7 Å². The van der Waals surface area contributed by atoms with Gasteiger partial charge in [0.15, 0.2) is 0 Å². The van der Waals surface area contributed by atoms with Crippen LogP contribution in [0, 0.1) is 11.8 Å². The van der Waals surface area contributed by atoms with Gasteiger partial charge in [0.2, 0.25) is 0 Å². The lowest BCUT2D eigenvalue weighted by Crippen LogP contribution is -2.33. The maximum Gasteiger partial charge on any atom is 0.308 e. The summed E-state index contributed by atoms with van der Waals surface area (Å²) in [5.41, 5.74) is 2.24. The molecule has 0 fully saturated rings. The number of thiazole rings is 1. The normalized spacial score (nSPS) is 15.8. The molecule has 4 rings (SSSR count). The first kappa shape index (κ1) is 23.8. The van der Waals surface area contributed by atoms with Crippen molar-refractivity contribution in [1.29, 1.82) is 0 Å². The second-order valence-electron chi connectivity index (χ2n) is 8.79. The number of nitrogens with zero attached hydrogens (tertiary/aromatic N) is 1. The SMILES string of the molecule is CC(C)CC(CNC(=O)c1cnc(Oc2ccc3c(c2)CCC(c2ccccc2)O3)s1)C(=O)O. The number of hydrogen-bond acceptors (Lipinski definition) is 6. The smallest absolute Gasteiger partial charge is 0.308 e. The minimum atomic E-state index is -0.909. The second-order valence-corrected chi connectivity index (χ2v) is 9.79. The van der Waals surface area contributed by atoms with Crippen molar-refractivity contribution >= 4 is 23.2 Å². The minimum Gasteiger partial charge on any atom is -0.485 e. The third-order valence-electron chi connectivity index (χ3n) is 5.68. The molecule has 3 aromatic rings. The van der Waals surface area contributed by atoms with Crippen LogP contribution in [0.5, 0.6) is 16.7 Å². The molecule has 2 N–H and O–H groups in total. The van der Waals surface area contributed by atoms with Gasteiger partial charge < -0.3 is 19.9 Å². The van der Waals surface area contributed by atoms with E-state index < -0.39 is 11.9 Å². The van der Waals surface area contributed by atoms with Crippen LogP contribution in [0.25, 0.3) is 0 Å². The van der Waals surface area contributed by atoms with E-state index in [0.717, 1.165) is 35.5 Å². The zero-order chi connectivity index (χ0) is 24.1. The van der Waals surface area contributed by atoms with Crippen molar-refractivity contribution in [1.82, 2.24) is 10.3 Å². The maximum absolute atomic E-state index is 12.5. The molecule has 2 unspecified atom stereocenters. The largest absolute Gasteiger partial charge is 0.485 e. The molecule has 0 spiro atoms. The third-order valence-corrected chi connectivity index (χ3v) is 6.55. The number of aromatic nitrogens is 1. The quantitative estimate of drug-likeness (QED) is 0.421. The zero-order valence-corrected chi connectivity index (χ0v) is 20.0. The lowest BCUT2D eigenvalue weighted by Gasteiger charge is -2.26. The predicted octanol–water partition coefficient (Wildman–Crippen LogP) is 5.48. The summed E-state index contributed by atoms with van der Waals surface area (Å²) in [6.45, 7) is 3.99. The van der Waals surface area contributed by atoms with Crippen LogP contribution in [0.15, 0.2) is 54.7 Å². The standard InChI is InChI=1S/C26H28N2O5S/c1-16(2)12-19(25(30)31)14-27-24(29)23-15-28-26(34-23)32-20-9-11-22-18(13-20)8-10-21(33-22)17-6-4-3-5-7-17/h3-7,9,11,13,15-16,19,21H,8,10,12,14H2,1-2H3,(H,27,29)(H,30,31). The highest BCUT2D eigenvalue weighted by Gasteiger charge is 2.23. The van der Waals surface area contributed by atoms with E-state index in [1.54, 1.807) is 0 Å². The Morgan fingerprint density at radius 3 is 2.76 bits per heavy atom. The van der Waals surface area contributed by atoms with E-state index in [1.165, 1.54) is 11.8 Å². The molecule has 34 heavy (non-hydrogen) atoms. The van der Waals surface area contributed by atoms with Gasteiger partial charge in [0.05, 0.1) is 12.1 Å². The summed E-state index contributed by atoms with van der Waals surface area (Å²) >= 11 is 1.12. The van der Waals surface area contributed by atoms with Gasteiger partial charge in [0.25, 0.3) is 11.1 Å². The Balaban J connectivity index is 1.35. The summed E-state index contributed by atoms with van der Waals surface area (Å²) < 4.78 is 12.1. The van der Waals surface area contributed by atoms with Crippen LogP contribution in [0.3, 0.4) is 0 Å². The number of amides is 1. The molecule has 1 aliphatic heterocycles. The molecule has 2 heterocycles. The average Bonchev–Trinajstić information content (AvgIpc) is 3.30. The number of aliphatic carboxylic acids is 1. The van der Waals surface area contributed by atoms with Crippen LogP contribution >= 0.6 is 11.3 Å². The number of nitrogens with one attached hydrogen (secondary N) is 1. The molecule has 2 atom stereocenters. The topological polar surface area (TPSA) is 97.8 Å². The highest BCUT2D eigenvalue weighted by Crippen LogP contribution is 2.38. The van der Waals surface area contributed by atoms with E-state index in [1.807, 2.05) is 50.2 Å². The number of carboxylic acid groups (broad SMARTS) is 1. The molecule has 0 saturated carbocycles. The van der Waals surface area contributed by atoms with Gasteiger partial charge in [-0.05, 0) is 54.5 Å². The van der Waals surface area contributed by atoms with Crippen LogP contribution in [-0.2, 0) is 11.2 Å². The minimum absolute atomic E-state index is 0.0433. The molecule has 0 bridgehead atoms. The van der Waals surface area contributed by atoms with Crippen LogP contribution in [-0.4, -0.2) is 28.5 Å². The van der Waals surface area contributed by atoms with Gasteiger partial charge >= 0.3 is 5.97 Å². The fraction of sp³-hybridized carbons (Fsp3) is 0.346. The molecule has 1 amide bonds. The molecule has 1 aromatic heterocycles. The van der Waals surface area contributed by atoms with Crippen molar-refractivity contribution in [3.8, 4) is 16.7 Å². The van der Waals surface area contributed by atoms with Crippen LogP contribution in [0.1, 0.15) is 53.6 Å². The van der Waals surface area contributed by atoms with Crippen molar-refractivity contribution < 1.29 is 24.2 Å². The van der Waals surface area contributed by atoms with Crippen LogP contribution in [0.4, 0.5) is 0 Å². The Bertz CT molecular complexity index is 1150. The predicted molar refractivity (Wildman–Crippen MR) is 130 cm³/mol. The second kappa shape index (κ2) is 10.7. The Labute approximate surface area is 202 Å². The first-order valence-electron chi connectivity index (χ1n) is 11.4. The van der Waals surface area contributed by atoms with Crippen molar-refractivity contribution in [2.45, 2.75) is 39.2 Å². The van der Waals surface area contributed by atoms with Crippen molar-refractivity contribution in [3.63, 3.8) is 0 Å². The van der Waals surface area contributed by atoms with Gasteiger partial charge in [-0.3, -0.25) is 9.59 Å². The van der Waals surface area contributed by atoms with E-state index in [2.05, 4.69) is 22.4 Å². The van der Waals surface area contributed by atoms with Crippen molar-refractivity contribution in [2.24, 2.45) is 11.8 Å². The molecular weight excluding hydrogens is 452 g/mol. The van der Waals surface area contributed by atoms with Crippen LogP contribution in [0.2, 0.25) is 0 Å². The number of rotatable bonds is 9. The Morgan fingerprint density at radius 1 is 1.24 bits per heavy atom. The van der Waals surface area contributed by atoms with E-state index in [0.29, 0.717) is 22.2 Å². The number of ether oxygens (including phenoxy) is 2. The Morgan fingerprint density at radius 2 is 2.03 bits per heavy atom. The number of carbonyl (C=O) groups excluding carboxylic acids is 1. The molecule has 0 radical (unpaired) electrons. The Hall–Kier alpha value is -3.39. The summed E-state index contributed by atoms with van der Waals surface area (Å²) in [5.74, 6) is -0.174. The molecule has 2 aromatic carbocycles. The number of carboxylic acids is 1. The number of carbonyl (C=O) groups is 2. The summed E-state index contributed by atoms with van der Waals surface area (Å²) in [7, 11) is 0. The summed E-state index contributed by atoms with van der Waals surface area (Å²) in [5, 5.41) is 12.4. The molecule has 7 nitrogen and oxygen atoms in total. The van der Waals surface area contributed by atoms with Crippen molar-refractivity contribution in [2.75, 3.05) is 6.54 Å². The van der Waals surface area contributed by atoms with Crippen LogP contribution < -0.4 is 14.8 Å². The lowest BCUT2D eigenvalue weighted by molar-refractivity contribution is -0.142. The van der Waals surface area contributed by atoms with Gasteiger partial charge in [-0.25, -0.2) is 4.98 Å². The number of aryl methyl sites for hydroxylation is 1. The van der Waals surface area contributed by atoms with Gasteiger partial charge in [-0.15, -0.1) is 0 Å². The first-order valence-corrected chi connectivity index (χ1v) is 12.2. The highest BCUT2D eigenvalue weighted by atomic mass is 32.1. The number of hydrogen-bond donors (Lipinski definition) is 2.